The molecule has 1 aromatic rings. The van der Waals surface area contributed by atoms with Crippen LogP contribution < -0.4 is 0 Å². The Morgan fingerprint density at radius 1 is 1.60 bits per heavy atom. The maximum Gasteiger partial charge on any atom is 0.142 e. The van der Waals surface area contributed by atoms with E-state index in [1.54, 1.807) is 11.3 Å². The summed E-state index contributed by atoms with van der Waals surface area (Å²) >= 11 is 13.0. The fourth-order valence-electron chi connectivity index (χ4n) is 0.831. The molecule has 1 aromatic heterocycles. The van der Waals surface area contributed by atoms with Crippen molar-refractivity contribution in [3.05, 3.63) is 21.9 Å². The lowest BCUT2D eigenvalue weighted by atomic mass is 10.2. The number of aryl methyl sites for hydroxylation is 1. The van der Waals surface area contributed by atoms with E-state index >= 15 is 0 Å². The zero-order chi connectivity index (χ0) is 7.56. The Balaban J connectivity index is 2.90. The minimum absolute atomic E-state index is 0.352. The molecule has 0 aromatic carbocycles. The molecule has 0 aliphatic carbocycles. The van der Waals surface area contributed by atoms with Crippen LogP contribution in [0.2, 0.25) is 0 Å². The predicted octanol–water partition coefficient (Wildman–Crippen LogP) is 3.79. The lowest BCUT2D eigenvalue weighted by molar-refractivity contribution is 1.12. The van der Waals surface area contributed by atoms with Crippen molar-refractivity contribution < 1.29 is 0 Å². The van der Waals surface area contributed by atoms with Crippen LogP contribution in [0.5, 0.6) is 0 Å². The maximum atomic E-state index is 5.70. The molecule has 0 saturated carbocycles. The van der Waals surface area contributed by atoms with E-state index < -0.39 is 0 Å². The summed E-state index contributed by atoms with van der Waals surface area (Å²) in [6, 6.07) is 2.07. The summed E-state index contributed by atoms with van der Waals surface area (Å²) in [5, 5.41) is 2.02. The van der Waals surface area contributed by atoms with E-state index in [-0.39, 0.29) is 4.84 Å². The minimum Gasteiger partial charge on any atom is -0.146 e. The highest BCUT2D eigenvalue weighted by Gasteiger charge is 2.08. The van der Waals surface area contributed by atoms with Gasteiger partial charge in [-0.15, -0.1) is 11.3 Å². The van der Waals surface area contributed by atoms with Crippen molar-refractivity contribution in [3.63, 3.8) is 0 Å². The maximum absolute atomic E-state index is 5.70. The largest absolute Gasteiger partial charge is 0.146 e. The number of halogens is 2. The van der Waals surface area contributed by atoms with E-state index in [2.05, 4.69) is 13.0 Å². The molecule has 0 fully saturated rings. The molecule has 0 nitrogen and oxygen atoms in total. The number of alkyl halides is 2. The summed E-state index contributed by atoms with van der Waals surface area (Å²) in [5.41, 5.74) is 1.26. The van der Waals surface area contributed by atoms with Crippen molar-refractivity contribution in [1.29, 1.82) is 0 Å². The van der Waals surface area contributed by atoms with Gasteiger partial charge in [0.25, 0.3) is 0 Å². The number of thiophene rings is 1. The Morgan fingerprint density at radius 3 is 2.70 bits per heavy atom. The summed E-state index contributed by atoms with van der Waals surface area (Å²) in [6.45, 7) is 2.10. The van der Waals surface area contributed by atoms with Crippen LogP contribution in [0.3, 0.4) is 0 Å². The Morgan fingerprint density at radius 2 is 2.30 bits per heavy atom. The van der Waals surface area contributed by atoms with E-state index in [9.17, 15) is 0 Å². The van der Waals surface area contributed by atoms with Crippen LogP contribution in [-0.4, -0.2) is 0 Å². The van der Waals surface area contributed by atoms with E-state index in [1.807, 2.05) is 5.38 Å². The molecule has 10 heavy (non-hydrogen) atoms. The van der Waals surface area contributed by atoms with Crippen molar-refractivity contribution in [2.45, 2.75) is 18.2 Å². The van der Waals surface area contributed by atoms with Crippen LogP contribution >= 0.6 is 34.5 Å². The van der Waals surface area contributed by atoms with Crippen LogP contribution in [0, 0.1) is 0 Å². The fraction of sp³-hybridized carbons (Fsp3) is 0.429. The molecule has 0 N–H and O–H groups in total. The minimum atomic E-state index is -0.352. The van der Waals surface area contributed by atoms with E-state index in [4.69, 9.17) is 23.2 Å². The lowest BCUT2D eigenvalue weighted by Crippen LogP contribution is -1.82. The topological polar surface area (TPSA) is 0 Å². The van der Waals surface area contributed by atoms with Crippen LogP contribution in [0.4, 0.5) is 0 Å². The Labute approximate surface area is 74.8 Å². The van der Waals surface area contributed by atoms with Gasteiger partial charge in [0.1, 0.15) is 4.84 Å². The molecule has 0 unspecified atom stereocenters. The molecule has 0 amide bonds. The molecule has 0 bridgehead atoms. The van der Waals surface area contributed by atoms with E-state index in [1.165, 1.54) is 5.56 Å². The highest BCUT2D eigenvalue weighted by Crippen LogP contribution is 2.32. The van der Waals surface area contributed by atoms with Crippen LogP contribution in [-0.2, 0) is 6.42 Å². The molecule has 0 aliphatic rings. The van der Waals surface area contributed by atoms with Crippen LogP contribution in [0.1, 0.15) is 22.2 Å². The Kier molecular flexibility index (Phi) is 3.02. The SMILES string of the molecule is CCc1ccsc1C(Cl)Cl. The first kappa shape index (κ1) is 8.38. The first-order chi connectivity index (χ1) is 4.75. The van der Waals surface area contributed by atoms with Gasteiger partial charge in [-0.1, -0.05) is 30.1 Å². The smallest absolute Gasteiger partial charge is 0.142 e. The van der Waals surface area contributed by atoms with Gasteiger partial charge in [0, 0.05) is 4.88 Å². The van der Waals surface area contributed by atoms with Crippen molar-refractivity contribution in [2.75, 3.05) is 0 Å². The normalized spacial score (nSPS) is 10.8. The van der Waals surface area contributed by atoms with Gasteiger partial charge in [-0.25, -0.2) is 0 Å². The molecule has 0 spiro atoms. The molecular formula is C7H8Cl2S. The van der Waals surface area contributed by atoms with Gasteiger partial charge in [-0.2, -0.15) is 0 Å². The molecule has 1 rings (SSSR count). The second-order valence-corrected chi connectivity index (χ2v) is 4.01. The molecule has 3 heteroatoms. The highest BCUT2D eigenvalue weighted by molar-refractivity contribution is 7.10. The van der Waals surface area contributed by atoms with Gasteiger partial charge >= 0.3 is 0 Å². The number of hydrogen-bond acceptors (Lipinski definition) is 1. The summed E-state index contributed by atoms with van der Waals surface area (Å²) in [6.07, 6.45) is 1.01. The quantitative estimate of drug-likeness (QED) is 0.630. The lowest BCUT2D eigenvalue weighted by Gasteiger charge is -1.99. The van der Waals surface area contributed by atoms with Gasteiger partial charge in [-0.05, 0) is 23.4 Å². The summed E-state index contributed by atoms with van der Waals surface area (Å²) in [4.78, 5) is 0.737. The van der Waals surface area contributed by atoms with Crippen molar-refractivity contribution in [2.24, 2.45) is 0 Å². The first-order valence-electron chi connectivity index (χ1n) is 3.10. The number of hydrogen-bond donors (Lipinski definition) is 0. The zero-order valence-corrected chi connectivity index (χ0v) is 7.93. The zero-order valence-electron chi connectivity index (χ0n) is 5.60. The van der Waals surface area contributed by atoms with Gasteiger partial charge in [0.2, 0.25) is 0 Å². The third-order valence-corrected chi connectivity index (χ3v) is 3.08. The summed E-state index contributed by atoms with van der Waals surface area (Å²) in [5.74, 6) is 0. The molecule has 1 heterocycles. The Hall–Kier alpha value is 0.280. The third-order valence-electron chi connectivity index (χ3n) is 1.36. The van der Waals surface area contributed by atoms with Crippen molar-refractivity contribution >= 4 is 34.5 Å². The average molecular weight is 195 g/mol. The second kappa shape index (κ2) is 3.61. The highest BCUT2D eigenvalue weighted by atomic mass is 35.5. The predicted molar refractivity (Wildman–Crippen MR) is 48.1 cm³/mol. The van der Waals surface area contributed by atoms with Gasteiger partial charge in [0.05, 0.1) is 0 Å². The van der Waals surface area contributed by atoms with Crippen molar-refractivity contribution in [3.8, 4) is 0 Å². The standard InChI is InChI=1S/C7H8Cl2S/c1-2-5-3-4-10-6(5)7(8)9/h3-4,7H,2H2,1H3. The van der Waals surface area contributed by atoms with Crippen molar-refractivity contribution in [1.82, 2.24) is 0 Å². The molecule has 0 aliphatic heterocycles. The third kappa shape index (κ3) is 1.66. The molecule has 56 valence electrons. The summed E-state index contributed by atoms with van der Waals surface area (Å²) < 4.78 is 0. The number of rotatable bonds is 2. The molecule has 0 saturated heterocycles. The second-order valence-electron chi connectivity index (χ2n) is 1.96. The monoisotopic (exact) mass is 194 g/mol. The van der Waals surface area contributed by atoms with E-state index in [0.717, 1.165) is 11.3 Å². The first-order valence-corrected chi connectivity index (χ1v) is 4.85. The Bertz CT molecular complexity index is 205. The molecular weight excluding hydrogens is 187 g/mol. The van der Waals surface area contributed by atoms with Crippen LogP contribution in [0.15, 0.2) is 11.4 Å². The molecule has 0 atom stereocenters. The van der Waals surface area contributed by atoms with Gasteiger partial charge in [-0.3, -0.25) is 0 Å². The average Bonchev–Trinajstić information content (AvgIpc) is 2.33. The summed E-state index contributed by atoms with van der Waals surface area (Å²) in [7, 11) is 0. The fourth-order valence-corrected chi connectivity index (χ4v) is 2.27. The van der Waals surface area contributed by atoms with Gasteiger partial charge < -0.3 is 0 Å². The molecule has 0 radical (unpaired) electrons. The van der Waals surface area contributed by atoms with Crippen LogP contribution in [0.25, 0.3) is 0 Å². The van der Waals surface area contributed by atoms with E-state index in [0.29, 0.717) is 0 Å². The van der Waals surface area contributed by atoms with Gasteiger partial charge in [0.15, 0.2) is 0 Å².